The molecule has 8 heteroatoms. The summed E-state index contributed by atoms with van der Waals surface area (Å²) in [6, 6.07) is 3.78. The van der Waals surface area contributed by atoms with Crippen molar-refractivity contribution in [1.82, 2.24) is 19.5 Å². The lowest BCUT2D eigenvalue weighted by Crippen LogP contribution is -2.15. The summed E-state index contributed by atoms with van der Waals surface area (Å²) < 4.78 is 2.50. The first kappa shape index (κ1) is 13.1. The molecule has 0 amide bonds. The molecular formula is C12H12ClN5OS. The van der Waals surface area contributed by atoms with Crippen LogP contribution in [-0.2, 0) is 6.54 Å². The van der Waals surface area contributed by atoms with E-state index in [2.05, 4.69) is 20.3 Å². The quantitative estimate of drug-likeness (QED) is 0.775. The van der Waals surface area contributed by atoms with Crippen molar-refractivity contribution in [3.05, 3.63) is 38.0 Å². The van der Waals surface area contributed by atoms with Crippen molar-refractivity contribution in [3.8, 4) is 0 Å². The van der Waals surface area contributed by atoms with Crippen molar-refractivity contribution >= 4 is 40.0 Å². The van der Waals surface area contributed by atoms with Crippen LogP contribution >= 0.6 is 22.9 Å². The molecule has 0 aliphatic heterocycles. The van der Waals surface area contributed by atoms with Crippen molar-refractivity contribution in [1.29, 1.82) is 0 Å². The van der Waals surface area contributed by atoms with Crippen LogP contribution in [0.5, 0.6) is 0 Å². The Balaban J connectivity index is 2.02. The molecule has 0 bridgehead atoms. The molecule has 2 N–H and O–H groups in total. The second-order valence-corrected chi connectivity index (χ2v) is 6.00. The number of hydrogen-bond acceptors (Lipinski definition) is 5. The van der Waals surface area contributed by atoms with Crippen molar-refractivity contribution in [2.75, 3.05) is 11.9 Å². The number of anilines is 1. The minimum absolute atomic E-state index is 0.203. The minimum Gasteiger partial charge on any atom is -0.356 e. The lowest BCUT2D eigenvalue weighted by Gasteiger charge is -2.03. The van der Waals surface area contributed by atoms with E-state index in [-0.39, 0.29) is 5.56 Å². The fraction of sp³-hybridized carbons (Fsp3) is 0.250. The Morgan fingerprint density at radius 3 is 3.05 bits per heavy atom. The van der Waals surface area contributed by atoms with Crippen molar-refractivity contribution < 1.29 is 0 Å². The molecule has 0 saturated heterocycles. The fourth-order valence-electron chi connectivity index (χ4n) is 1.96. The summed E-state index contributed by atoms with van der Waals surface area (Å²) in [5, 5.41) is 2.97. The first-order valence-corrected chi connectivity index (χ1v) is 7.30. The van der Waals surface area contributed by atoms with Crippen LogP contribution in [0.15, 0.2) is 23.3 Å². The van der Waals surface area contributed by atoms with Gasteiger partial charge in [-0.3, -0.25) is 9.78 Å². The van der Waals surface area contributed by atoms with Gasteiger partial charge >= 0.3 is 0 Å². The Bertz CT molecular complexity index is 806. The average Bonchev–Trinajstić information content (AvgIpc) is 2.98. The van der Waals surface area contributed by atoms with Gasteiger partial charge in [0.2, 0.25) is 5.95 Å². The molecule has 0 saturated carbocycles. The molecular weight excluding hydrogens is 298 g/mol. The lowest BCUT2D eigenvalue weighted by molar-refractivity contribution is 0.833. The highest BCUT2D eigenvalue weighted by molar-refractivity contribution is 7.16. The monoisotopic (exact) mass is 309 g/mol. The van der Waals surface area contributed by atoms with Crippen LogP contribution in [0.1, 0.15) is 11.8 Å². The van der Waals surface area contributed by atoms with Crippen LogP contribution in [0.4, 0.5) is 5.95 Å². The minimum atomic E-state index is -0.203. The van der Waals surface area contributed by atoms with Gasteiger partial charge in [-0.1, -0.05) is 11.6 Å². The van der Waals surface area contributed by atoms with Gasteiger partial charge in [0, 0.05) is 11.4 Å². The molecule has 0 aliphatic rings. The summed E-state index contributed by atoms with van der Waals surface area (Å²) in [6.45, 7) is 3.17. The van der Waals surface area contributed by atoms with E-state index in [1.807, 2.05) is 19.1 Å². The summed E-state index contributed by atoms with van der Waals surface area (Å²) >= 11 is 7.39. The van der Waals surface area contributed by atoms with Gasteiger partial charge < -0.3 is 9.88 Å². The molecule has 0 radical (unpaired) electrons. The number of aromatic nitrogens is 4. The van der Waals surface area contributed by atoms with Crippen LogP contribution < -0.4 is 10.9 Å². The third-order valence-corrected chi connectivity index (χ3v) is 4.00. The first-order chi connectivity index (χ1) is 9.67. The van der Waals surface area contributed by atoms with Gasteiger partial charge in [0.15, 0.2) is 11.2 Å². The van der Waals surface area contributed by atoms with Crippen LogP contribution in [-0.4, -0.2) is 26.1 Å². The standard InChI is InChI=1S/C12H12ClN5OS/c1-2-14-12-16-10-9(11(19)17-12)18(6-15-10)5-7-3-4-8(13)20-7/h3-4,6H,2,5H2,1H3,(H2,14,16,17,19). The molecule has 20 heavy (non-hydrogen) atoms. The number of aromatic amines is 1. The molecule has 6 nitrogen and oxygen atoms in total. The molecule has 0 aliphatic carbocycles. The van der Waals surface area contributed by atoms with E-state index in [1.54, 1.807) is 10.9 Å². The highest BCUT2D eigenvalue weighted by Crippen LogP contribution is 2.22. The van der Waals surface area contributed by atoms with E-state index in [1.165, 1.54) is 11.3 Å². The normalized spacial score (nSPS) is 11.1. The van der Waals surface area contributed by atoms with Crippen LogP contribution in [0.2, 0.25) is 4.34 Å². The van der Waals surface area contributed by atoms with Gasteiger partial charge in [-0.25, -0.2) is 4.98 Å². The Hall–Kier alpha value is -1.86. The maximum atomic E-state index is 12.1. The summed E-state index contributed by atoms with van der Waals surface area (Å²) in [5.74, 6) is 0.439. The van der Waals surface area contributed by atoms with E-state index < -0.39 is 0 Å². The average molecular weight is 310 g/mol. The van der Waals surface area contributed by atoms with Gasteiger partial charge in [-0.2, -0.15) is 4.98 Å². The molecule has 3 aromatic rings. The Morgan fingerprint density at radius 1 is 1.50 bits per heavy atom. The van der Waals surface area contributed by atoms with Gasteiger partial charge in [-0.15, -0.1) is 11.3 Å². The number of H-pyrrole nitrogens is 1. The first-order valence-electron chi connectivity index (χ1n) is 6.10. The van der Waals surface area contributed by atoms with Crippen molar-refractivity contribution in [2.45, 2.75) is 13.5 Å². The number of rotatable bonds is 4. The molecule has 3 aromatic heterocycles. The van der Waals surface area contributed by atoms with Gasteiger partial charge in [0.1, 0.15) is 0 Å². The highest BCUT2D eigenvalue weighted by atomic mass is 35.5. The topological polar surface area (TPSA) is 75.6 Å². The maximum Gasteiger partial charge on any atom is 0.278 e. The Labute approximate surface area is 123 Å². The largest absolute Gasteiger partial charge is 0.356 e. The second kappa shape index (κ2) is 5.26. The second-order valence-electron chi connectivity index (χ2n) is 4.20. The van der Waals surface area contributed by atoms with E-state index in [0.717, 1.165) is 9.21 Å². The van der Waals surface area contributed by atoms with Crippen molar-refractivity contribution in [3.63, 3.8) is 0 Å². The molecule has 0 fully saturated rings. The van der Waals surface area contributed by atoms with Gasteiger partial charge in [0.25, 0.3) is 5.56 Å². The predicted molar refractivity (Wildman–Crippen MR) is 80.7 cm³/mol. The number of imidazole rings is 1. The van der Waals surface area contributed by atoms with Crippen LogP contribution in [0.3, 0.4) is 0 Å². The molecule has 3 heterocycles. The Morgan fingerprint density at radius 2 is 2.35 bits per heavy atom. The lowest BCUT2D eigenvalue weighted by atomic mass is 10.4. The smallest absolute Gasteiger partial charge is 0.278 e. The number of fused-ring (bicyclic) bond motifs is 1. The van der Waals surface area contributed by atoms with Gasteiger partial charge in [0.05, 0.1) is 17.2 Å². The number of thiophene rings is 1. The van der Waals surface area contributed by atoms with E-state index in [4.69, 9.17) is 11.6 Å². The molecule has 0 unspecified atom stereocenters. The molecule has 0 atom stereocenters. The van der Waals surface area contributed by atoms with Gasteiger partial charge in [-0.05, 0) is 19.1 Å². The molecule has 0 spiro atoms. The molecule has 0 aromatic carbocycles. The number of hydrogen-bond donors (Lipinski definition) is 2. The van der Waals surface area contributed by atoms with Crippen LogP contribution in [0, 0.1) is 0 Å². The third-order valence-electron chi connectivity index (χ3n) is 2.78. The third kappa shape index (κ3) is 2.41. The maximum absolute atomic E-state index is 12.1. The van der Waals surface area contributed by atoms with E-state index in [9.17, 15) is 4.79 Å². The highest BCUT2D eigenvalue weighted by Gasteiger charge is 2.11. The zero-order valence-corrected chi connectivity index (χ0v) is 12.3. The summed E-state index contributed by atoms with van der Waals surface area (Å²) in [4.78, 5) is 24.4. The SMILES string of the molecule is CCNc1nc2ncn(Cc3ccc(Cl)s3)c2c(=O)[nH]1. The fourth-order valence-corrected chi connectivity index (χ4v) is 3.05. The summed E-state index contributed by atoms with van der Waals surface area (Å²) in [5.41, 5.74) is 0.703. The number of nitrogens with zero attached hydrogens (tertiary/aromatic N) is 3. The van der Waals surface area contributed by atoms with Crippen LogP contribution in [0.25, 0.3) is 11.2 Å². The molecule has 3 rings (SSSR count). The molecule has 104 valence electrons. The van der Waals surface area contributed by atoms with E-state index >= 15 is 0 Å². The summed E-state index contributed by atoms with van der Waals surface area (Å²) in [6.07, 6.45) is 1.62. The summed E-state index contributed by atoms with van der Waals surface area (Å²) in [7, 11) is 0. The Kier molecular flexibility index (Phi) is 3.45. The zero-order chi connectivity index (χ0) is 14.1. The predicted octanol–water partition coefficient (Wildman–Crippen LogP) is 2.31. The zero-order valence-electron chi connectivity index (χ0n) is 10.7. The number of halogens is 1. The van der Waals surface area contributed by atoms with Crippen molar-refractivity contribution in [2.24, 2.45) is 0 Å². The number of nitrogens with one attached hydrogen (secondary N) is 2. The van der Waals surface area contributed by atoms with E-state index in [0.29, 0.717) is 30.2 Å².